The topological polar surface area (TPSA) is 66.8 Å². The lowest BCUT2D eigenvalue weighted by Crippen LogP contribution is -2.48. The van der Waals surface area contributed by atoms with Crippen LogP contribution < -0.4 is 0 Å². The number of carbonyl (C=O) groups excluding carboxylic acids is 1. The first-order valence-electron chi connectivity index (χ1n) is 6.29. The third-order valence-corrected chi connectivity index (χ3v) is 3.63. The first-order valence-corrected chi connectivity index (χ1v) is 6.29. The van der Waals surface area contributed by atoms with Gasteiger partial charge in [-0.25, -0.2) is 4.79 Å². The zero-order chi connectivity index (χ0) is 12.3. The highest BCUT2D eigenvalue weighted by Gasteiger charge is 2.30. The quantitative estimate of drug-likeness (QED) is 0.796. The molecule has 1 saturated heterocycles. The summed E-state index contributed by atoms with van der Waals surface area (Å²) in [5.74, 6) is -0.386. The van der Waals surface area contributed by atoms with Crippen LogP contribution in [0.2, 0.25) is 0 Å². The second kappa shape index (κ2) is 5.49. The predicted molar refractivity (Wildman–Crippen MR) is 60.5 cm³/mol. The van der Waals surface area contributed by atoms with E-state index in [1.165, 1.54) is 12.8 Å². The van der Waals surface area contributed by atoms with E-state index in [1.54, 1.807) is 4.90 Å². The number of aliphatic carboxylic acids is 1. The normalized spacial score (nSPS) is 26.1. The fourth-order valence-corrected chi connectivity index (χ4v) is 2.62. The number of amides is 1. The van der Waals surface area contributed by atoms with Gasteiger partial charge in [-0.2, -0.15) is 0 Å². The molecule has 1 heterocycles. The summed E-state index contributed by atoms with van der Waals surface area (Å²) >= 11 is 0. The van der Waals surface area contributed by atoms with Crippen molar-refractivity contribution >= 4 is 11.9 Å². The lowest BCUT2D eigenvalue weighted by Gasteiger charge is -2.31. The van der Waals surface area contributed by atoms with E-state index >= 15 is 0 Å². The number of carboxylic acid groups (broad SMARTS) is 1. The fraction of sp³-hybridized carbons (Fsp3) is 0.833. The predicted octanol–water partition coefficient (Wildman–Crippen LogP) is 0.879. The van der Waals surface area contributed by atoms with Crippen molar-refractivity contribution in [2.75, 3.05) is 19.7 Å². The van der Waals surface area contributed by atoms with Crippen LogP contribution in [-0.2, 0) is 14.3 Å². The highest BCUT2D eigenvalue weighted by Crippen LogP contribution is 2.28. The molecule has 2 aliphatic rings. The van der Waals surface area contributed by atoms with Gasteiger partial charge in [-0.15, -0.1) is 0 Å². The number of hydrogen-bond acceptors (Lipinski definition) is 3. The number of morpholine rings is 1. The van der Waals surface area contributed by atoms with Crippen LogP contribution >= 0.6 is 0 Å². The molecule has 0 aromatic heterocycles. The van der Waals surface area contributed by atoms with Gasteiger partial charge in [0.05, 0.1) is 13.2 Å². The second-order valence-corrected chi connectivity index (χ2v) is 4.89. The Bertz CT molecular complexity index is 299. The van der Waals surface area contributed by atoms with Crippen molar-refractivity contribution in [3.63, 3.8) is 0 Å². The molecule has 1 saturated carbocycles. The average molecular weight is 241 g/mol. The monoisotopic (exact) mass is 241 g/mol. The van der Waals surface area contributed by atoms with Gasteiger partial charge in [-0.1, -0.05) is 12.8 Å². The van der Waals surface area contributed by atoms with Gasteiger partial charge < -0.3 is 14.7 Å². The van der Waals surface area contributed by atoms with Crippen LogP contribution in [0.4, 0.5) is 0 Å². The van der Waals surface area contributed by atoms with Crippen LogP contribution in [0.3, 0.4) is 0 Å². The maximum absolute atomic E-state index is 12.0. The highest BCUT2D eigenvalue weighted by atomic mass is 16.5. The van der Waals surface area contributed by atoms with E-state index in [-0.39, 0.29) is 12.5 Å². The largest absolute Gasteiger partial charge is 0.479 e. The number of ether oxygens (including phenoxy) is 1. The van der Waals surface area contributed by atoms with Crippen LogP contribution in [0, 0.1) is 5.92 Å². The minimum atomic E-state index is -0.983. The number of hydrogen-bond donors (Lipinski definition) is 1. The van der Waals surface area contributed by atoms with Crippen molar-refractivity contribution in [1.29, 1.82) is 0 Å². The molecular formula is C12H19NO4. The van der Waals surface area contributed by atoms with Gasteiger partial charge in [0.1, 0.15) is 0 Å². The maximum Gasteiger partial charge on any atom is 0.334 e. The fourth-order valence-electron chi connectivity index (χ4n) is 2.62. The zero-order valence-electron chi connectivity index (χ0n) is 9.93. The number of carboxylic acids is 1. The lowest BCUT2D eigenvalue weighted by atomic mass is 10.0. The number of rotatable bonds is 3. The Kier molecular flexibility index (Phi) is 3.99. The molecule has 2 rings (SSSR count). The van der Waals surface area contributed by atoms with Crippen molar-refractivity contribution in [2.45, 2.75) is 38.2 Å². The Morgan fingerprint density at radius 1 is 1.29 bits per heavy atom. The molecule has 0 spiro atoms. The molecule has 1 atom stereocenters. The van der Waals surface area contributed by atoms with Crippen molar-refractivity contribution in [3.05, 3.63) is 0 Å². The maximum atomic E-state index is 12.0. The molecule has 1 N–H and O–H groups in total. The van der Waals surface area contributed by atoms with Crippen LogP contribution in [-0.4, -0.2) is 47.7 Å². The molecule has 1 amide bonds. The molecule has 0 radical (unpaired) electrons. The zero-order valence-corrected chi connectivity index (χ0v) is 9.93. The molecule has 17 heavy (non-hydrogen) atoms. The van der Waals surface area contributed by atoms with Crippen LogP contribution in [0.15, 0.2) is 0 Å². The summed E-state index contributed by atoms with van der Waals surface area (Å²) in [6, 6.07) is 0. The Balaban J connectivity index is 1.83. The van der Waals surface area contributed by atoms with Crippen LogP contribution in [0.1, 0.15) is 32.1 Å². The Morgan fingerprint density at radius 3 is 2.65 bits per heavy atom. The molecule has 5 nitrogen and oxygen atoms in total. The van der Waals surface area contributed by atoms with Crippen molar-refractivity contribution < 1.29 is 19.4 Å². The van der Waals surface area contributed by atoms with Gasteiger partial charge in [-0.05, 0) is 18.8 Å². The first kappa shape index (κ1) is 12.4. The summed E-state index contributed by atoms with van der Waals surface area (Å²) in [5.41, 5.74) is 0. The van der Waals surface area contributed by atoms with Crippen LogP contribution in [0.5, 0.6) is 0 Å². The Hall–Kier alpha value is -1.10. The minimum absolute atomic E-state index is 0.0893. The molecule has 0 unspecified atom stereocenters. The molecule has 0 aromatic carbocycles. The third kappa shape index (κ3) is 3.19. The second-order valence-electron chi connectivity index (χ2n) is 4.89. The molecule has 0 bridgehead atoms. The van der Waals surface area contributed by atoms with Crippen molar-refractivity contribution in [3.8, 4) is 0 Å². The Morgan fingerprint density at radius 2 is 2.00 bits per heavy atom. The lowest BCUT2D eigenvalue weighted by molar-refractivity contribution is -0.159. The molecule has 1 aliphatic heterocycles. The number of carbonyl (C=O) groups is 2. The molecule has 2 fully saturated rings. The van der Waals surface area contributed by atoms with E-state index in [1.807, 2.05) is 0 Å². The smallest absolute Gasteiger partial charge is 0.334 e. The molecule has 5 heteroatoms. The van der Waals surface area contributed by atoms with Crippen molar-refractivity contribution in [1.82, 2.24) is 4.90 Å². The van der Waals surface area contributed by atoms with E-state index in [4.69, 9.17) is 9.84 Å². The van der Waals surface area contributed by atoms with E-state index in [9.17, 15) is 9.59 Å². The summed E-state index contributed by atoms with van der Waals surface area (Å²) in [5, 5.41) is 8.86. The van der Waals surface area contributed by atoms with Gasteiger partial charge in [0.25, 0.3) is 0 Å². The summed E-state index contributed by atoms with van der Waals surface area (Å²) < 4.78 is 5.10. The van der Waals surface area contributed by atoms with E-state index in [2.05, 4.69) is 0 Å². The molecular weight excluding hydrogens is 222 g/mol. The highest BCUT2D eigenvalue weighted by molar-refractivity contribution is 5.78. The Labute approximate surface area is 101 Å². The van der Waals surface area contributed by atoms with Crippen LogP contribution in [0.25, 0.3) is 0 Å². The van der Waals surface area contributed by atoms with E-state index in [0.29, 0.717) is 25.5 Å². The number of nitrogens with zero attached hydrogens (tertiary/aromatic N) is 1. The SMILES string of the molecule is O=C(O)[C@H]1CN(C(=O)CC2CCCC2)CCO1. The average Bonchev–Trinajstić information content (AvgIpc) is 2.82. The standard InChI is InChI=1S/C12H19NO4/c14-11(7-9-3-1-2-4-9)13-5-6-17-10(8-13)12(15)16/h9-10H,1-8H2,(H,15,16)/t10-/m1/s1. The summed E-state index contributed by atoms with van der Waals surface area (Å²) in [6.45, 7) is 1.05. The molecule has 1 aliphatic carbocycles. The molecule has 0 aromatic rings. The first-order chi connectivity index (χ1) is 8.16. The van der Waals surface area contributed by atoms with E-state index in [0.717, 1.165) is 12.8 Å². The van der Waals surface area contributed by atoms with E-state index < -0.39 is 12.1 Å². The van der Waals surface area contributed by atoms with Gasteiger partial charge in [0.2, 0.25) is 5.91 Å². The van der Waals surface area contributed by atoms with Crippen molar-refractivity contribution in [2.24, 2.45) is 5.92 Å². The molecule has 96 valence electrons. The van der Waals surface area contributed by atoms with Gasteiger partial charge in [0, 0.05) is 13.0 Å². The van der Waals surface area contributed by atoms with Gasteiger partial charge >= 0.3 is 5.97 Å². The third-order valence-electron chi connectivity index (χ3n) is 3.63. The summed E-state index contributed by atoms with van der Waals surface area (Å²) in [7, 11) is 0. The minimum Gasteiger partial charge on any atom is -0.479 e. The summed E-state index contributed by atoms with van der Waals surface area (Å²) in [4.78, 5) is 24.4. The van der Waals surface area contributed by atoms with Gasteiger partial charge in [0.15, 0.2) is 6.10 Å². The van der Waals surface area contributed by atoms with Gasteiger partial charge in [-0.3, -0.25) is 4.79 Å². The summed E-state index contributed by atoms with van der Waals surface area (Å²) in [6.07, 6.45) is 4.44.